The topological polar surface area (TPSA) is 53.9 Å². The van der Waals surface area contributed by atoms with E-state index >= 15 is 0 Å². The molecule has 0 aliphatic rings. The zero-order valence-electron chi connectivity index (χ0n) is 10.4. The van der Waals surface area contributed by atoms with Gasteiger partial charge in [0.05, 0.1) is 24.4 Å². The van der Waals surface area contributed by atoms with Gasteiger partial charge in [0.25, 0.3) is 0 Å². The van der Waals surface area contributed by atoms with Crippen LogP contribution in [0, 0.1) is 0 Å². The molecule has 4 heteroatoms. The number of nitrogens with one attached hydrogen (secondary N) is 2. The van der Waals surface area contributed by atoms with Gasteiger partial charge in [0.1, 0.15) is 5.82 Å². The van der Waals surface area contributed by atoms with Crippen molar-refractivity contribution >= 4 is 0 Å². The lowest BCUT2D eigenvalue weighted by atomic mass is 10.2. The Hall–Kier alpha value is -1.55. The van der Waals surface area contributed by atoms with Crippen molar-refractivity contribution in [2.75, 3.05) is 6.54 Å². The first-order valence-electron chi connectivity index (χ1n) is 6.05. The third kappa shape index (κ3) is 3.46. The molecule has 0 aromatic carbocycles. The Morgan fingerprint density at radius 3 is 3.06 bits per heavy atom. The molecule has 2 rings (SSSR count). The van der Waals surface area contributed by atoms with Crippen LogP contribution in [0.3, 0.4) is 0 Å². The molecule has 92 valence electrons. The minimum Gasteiger partial charge on any atom is -0.472 e. The van der Waals surface area contributed by atoms with Crippen molar-refractivity contribution in [1.29, 1.82) is 0 Å². The fourth-order valence-corrected chi connectivity index (χ4v) is 1.70. The van der Waals surface area contributed by atoms with Crippen LogP contribution in [-0.4, -0.2) is 22.6 Å². The molecule has 2 aromatic rings. The Labute approximate surface area is 101 Å². The number of imidazole rings is 1. The number of hydrogen-bond acceptors (Lipinski definition) is 3. The second-order valence-corrected chi connectivity index (χ2v) is 4.47. The van der Waals surface area contributed by atoms with E-state index in [1.165, 1.54) is 0 Å². The summed E-state index contributed by atoms with van der Waals surface area (Å²) in [7, 11) is 0. The lowest BCUT2D eigenvalue weighted by Gasteiger charge is -2.06. The first kappa shape index (κ1) is 11.9. The second kappa shape index (κ2) is 5.68. The maximum atomic E-state index is 5.05. The average molecular weight is 233 g/mol. The fraction of sp³-hybridized carbons (Fsp3) is 0.462. The van der Waals surface area contributed by atoms with E-state index in [1.54, 1.807) is 12.5 Å². The highest BCUT2D eigenvalue weighted by Gasteiger charge is 2.04. The zero-order valence-corrected chi connectivity index (χ0v) is 10.4. The molecule has 17 heavy (non-hydrogen) atoms. The van der Waals surface area contributed by atoms with Gasteiger partial charge in [-0.3, -0.25) is 0 Å². The van der Waals surface area contributed by atoms with Gasteiger partial charge in [-0.15, -0.1) is 0 Å². The maximum Gasteiger partial charge on any atom is 0.106 e. The van der Waals surface area contributed by atoms with E-state index in [4.69, 9.17) is 4.42 Å². The minimum absolute atomic E-state index is 0.549. The number of furan rings is 1. The van der Waals surface area contributed by atoms with E-state index in [0.29, 0.717) is 6.04 Å². The van der Waals surface area contributed by atoms with Crippen molar-refractivity contribution in [2.45, 2.75) is 32.7 Å². The molecule has 2 heterocycles. The zero-order chi connectivity index (χ0) is 12.1. The van der Waals surface area contributed by atoms with Gasteiger partial charge in [-0.25, -0.2) is 4.98 Å². The van der Waals surface area contributed by atoms with Crippen LogP contribution in [-0.2, 0) is 6.42 Å². The molecule has 0 amide bonds. The molecule has 0 bridgehead atoms. The van der Waals surface area contributed by atoms with Crippen LogP contribution >= 0.6 is 0 Å². The number of hydrogen-bond donors (Lipinski definition) is 2. The summed E-state index contributed by atoms with van der Waals surface area (Å²) in [6.07, 6.45) is 7.31. The predicted octanol–water partition coefficient (Wildman–Crippen LogP) is 2.60. The molecule has 0 radical (unpaired) electrons. The summed E-state index contributed by atoms with van der Waals surface area (Å²) >= 11 is 0. The van der Waals surface area contributed by atoms with Gasteiger partial charge in [0, 0.05) is 18.0 Å². The quantitative estimate of drug-likeness (QED) is 0.754. The highest BCUT2D eigenvalue weighted by atomic mass is 16.3. The first-order valence-corrected chi connectivity index (χ1v) is 6.05. The van der Waals surface area contributed by atoms with Gasteiger partial charge >= 0.3 is 0 Å². The fourth-order valence-electron chi connectivity index (χ4n) is 1.70. The smallest absolute Gasteiger partial charge is 0.106 e. The number of rotatable bonds is 6. The molecular formula is C13H19N3O. The summed E-state index contributed by atoms with van der Waals surface area (Å²) in [6.45, 7) is 5.34. The van der Waals surface area contributed by atoms with E-state index in [2.05, 4.69) is 29.1 Å². The SMILES string of the molecule is CC(C)NCCCc1ncc(-c2ccoc2)[nH]1. The van der Waals surface area contributed by atoms with Gasteiger partial charge in [0.15, 0.2) is 0 Å². The van der Waals surface area contributed by atoms with E-state index in [0.717, 1.165) is 36.5 Å². The molecule has 0 saturated heterocycles. The van der Waals surface area contributed by atoms with Crippen LogP contribution in [0.2, 0.25) is 0 Å². The molecule has 0 saturated carbocycles. The number of nitrogens with zero attached hydrogens (tertiary/aromatic N) is 1. The van der Waals surface area contributed by atoms with Gasteiger partial charge in [-0.1, -0.05) is 13.8 Å². The lowest BCUT2D eigenvalue weighted by molar-refractivity contribution is 0.566. The standard InChI is InChI=1S/C13H19N3O/c1-10(2)14-6-3-4-13-15-8-12(16-13)11-5-7-17-9-11/h5,7-10,14H,3-4,6H2,1-2H3,(H,15,16). The Bertz CT molecular complexity index is 431. The Balaban J connectivity index is 1.83. The Morgan fingerprint density at radius 1 is 1.47 bits per heavy atom. The van der Waals surface area contributed by atoms with Crippen molar-refractivity contribution in [1.82, 2.24) is 15.3 Å². The minimum atomic E-state index is 0.549. The van der Waals surface area contributed by atoms with E-state index in [-0.39, 0.29) is 0 Å². The van der Waals surface area contributed by atoms with Crippen LogP contribution in [0.1, 0.15) is 26.1 Å². The first-order chi connectivity index (χ1) is 8.25. The molecule has 0 atom stereocenters. The summed E-state index contributed by atoms with van der Waals surface area (Å²) in [6, 6.07) is 2.48. The van der Waals surface area contributed by atoms with E-state index in [1.807, 2.05) is 12.3 Å². The monoisotopic (exact) mass is 233 g/mol. The van der Waals surface area contributed by atoms with E-state index < -0.39 is 0 Å². The van der Waals surface area contributed by atoms with Crippen molar-refractivity contribution in [2.24, 2.45) is 0 Å². The summed E-state index contributed by atoms with van der Waals surface area (Å²) < 4.78 is 5.05. The number of aromatic amines is 1. The Kier molecular flexibility index (Phi) is 3.98. The number of aromatic nitrogens is 2. The van der Waals surface area contributed by atoms with Crippen molar-refractivity contribution in [3.63, 3.8) is 0 Å². The summed E-state index contributed by atoms with van der Waals surface area (Å²) in [4.78, 5) is 7.67. The number of aryl methyl sites for hydroxylation is 1. The van der Waals surface area contributed by atoms with Gasteiger partial charge in [-0.05, 0) is 19.0 Å². The van der Waals surface area contributed by atoms with Crippen molar-refractivity contribution in [3.05, 3.63) is 30.6 Å². The Morgan fingerprint density at radius 2 is 2.35 bits per heavy atom. The summed E-state index contributed by atoms with van der Waals surface area (Å²) in [5.41, 5.74) is 2.06. The molecule has 4 nitrogen and oxygen atoms in total. The van der Waals surface area contributed by atoms with Crippen LogP contribution in [0.15, 0.2) is 29.2 Å². The normalized spacial score (nSPS) is 11.2. The largest absolute Gasteiger partial charge is 0.472 e. The third-order valence-corrected chi connectivity index (χ3v) is 2.60. The molecular weight excluding hydrogens is 214 g/mol. The lowest BCUT2D eigenvalue weighted by Crippen LogP contribution is -2.24. The third-order valence-electron chi connectivity index (χ3n) is 2.60. The van der Waals surface area contributed by atoms with Crippen molar-refractivity contribution in [3.8, 4) is 11.3 Å². The van der Waals surface area contributed by atoms with Crippen molar-refractivity contribution < 1.29 is 4.42 Å². The summed E-state index contributed by atoms with van der Waals surface area (Å²) in [5, 5.41) is 3.39. The van der Waals surface area contributed by atoms with Gasteiger partial charge in [-0.2, -0.15) is 0 Å². The highest BCUT2D eigenvalue weighted by molar-refractivity contribution is 5.56. The molecule has 0 aliphatic carbocycles. The molecule has 0 spiro atoms. The predicted molar refractivity (Wildman–Crippen MR) is 67.7 cm³/mol. The van der Waals surface area contributed by atoms with Crippen LogP contribution in [0.25, 0.3) is 11.3 Å². The highest BCUT2D eigenvalue weighted by Crippen LogP contribution is 2.17. The molecule has 2 aromatic heterocycles. The van der Waals surface area contributed by atoms with Gasteiger partial charge in [0.2, 0.25) is 0 Å². The summed E-state index contributed by atoms with van der Waals surface area (Å²) in [5.74, 6) is 1.03. The molecule has 2 N–H and O–H groups in total. The molecule has 0 aliphatic heterocycles. The van der Waals surface area contributed by atoms with E-state index in [9.17, 15) is 0 Å². The average Bonchev–Trinajstić information content (AvgIpc) is 2.94. The maximum absolute atomic E-state index is 5.05. The van der Waals surface area contributed by atoms with Crippen LogP contribution < -0.4 is 5.32 Å². The second-order valence-electron chi connectivity index (χ2n) is 4.47. The number of H-pyrrole nitrogens is 1. The molecule has 0 unspecified atom stereocenters. The van der Waals surface area contributed by atoms with Crippen LogP contribution in [0.5, 0.6) is 0 Å². The molecule has 0 fully saturated rings. The van der Waals surface area contributed by atoms with Crippen LogP contribution in [0.4, 0.5) is 0 Å². The van der Waals surface area contributed by atoms with Gasteiger partial charge < -0.3 is 14.7 Å².